The summed E-state index contributed by atoms with van der Waals surface area (Å²) in [5, 5.41) is 8.61. The highest BCUT2D eigenvalue weighted by Gasteiger charge is 2.22. The maximum Gasteiger partial charge on any atom is 0.511 e. The van der Waals surface area contributed by atoms with Gasteiger partial charge in [0.2, 0.25) is 0 Å². The molecule has 5 nitrogen and oxygen atoms in total. The summed E-state index contributed by atoms with van der Waals surface area (Å²) in [5.74, 6) is 0.306. The molecule has 20 heavy (non-hydrogen) atoms. The van der Waals surface area contributed by atoms with Crippen LogP contribution in [0, 0.1) is 0 Å². The summed E-state index contributed by atoms with van der Waals surface area (Å²) in [6.07, 6.45) is -1.42. The SMILES string of the molecule is O=C(O)Oc1ccc2c(c1)C(=O)c1ccccc1CO2. The molecule has 3 rings (SSSR count). The van der Waals surface area contributed by atoms with Gasteiger partial charge in [-0.3, -0.25) is 4.79 Å². The van der Waals surface area contributed by atoms with Crippen molar-refractivity contribution in [2.45, 2.75) is 6.61 Å². The molecule has 1 aliphatic rings. The van der Waals surface area contributed by atoms with Crippen LogP contribution in [-0.4, -0.2) is 17.0 Å². The fourth-order valence-corrected chi connectivity index (χ4v) is 2.14. The summed E-state index contributed by atoms with van der Waals surface area (Å²) >= 11 is 0. The largest absolute Gasteiger partial charge is 0.511 e. The molecule has 1 aliphatic heterocycles. The Kier molecular flexibility index (Phi) is 2.87. The first-order valence-electron chi connectivity index (χ1n) is 5.95. The third-order valence-electron chi connectivity index (χ3n) is 3.05. The molecule has 0 spiro atoms. The van der Waals surface area contributed by atoms with Gasteiger partial charge < -0.3 is 14.6 Å². The summed E-state index contributed by atoms with van der Waals surface area (Å²) < 4.78 is 10.1. The van der Waals surface area contributed by atoms with Gasteiger partial charge in [-0.25, -0.2) is 4.79 Å². The second-order valence-corrected chi connectivity index (χ2v) is 4.30. The molecule has 5 heteroatoms. The summed E-state index contributed by atoms with van der Waals surface area (Å²) in [6.45, 7) is 0.300. The molecular weight excluding hydrogens is 260 g/mol. The standard InChI is InChI=1S/C15H10O5/c16-14-11-4-2-1-3-9(11)8-19-13-6-5-10(7-12(13)14)20-15(17)18/h1-7H,8H2,(H,17,18). The van der Waals surface area contributed by atoms with Crippen molar-refractivity contribution in [2.75, 3.05) is 0 Å². The molecule has 0 unspecified atom stereocenters. The number of carbonyl (C=O) groups is 2. The molecule has 0 saturated heterocycles. The molecule has 100 valence electrons. The highest BCUT2D eigenvalue weighted by atomic mass is 16.7. The van der Waals surface area contributed by atoms with Gasteiger partial charge in [-0.15, -0.1) is 0 Å². The number of carboxylic acid groups (broad SMARTS) is 1. The number of hydrogen-bond donors (Lipinski definition) is 1. The fourth-order valence-electron chi connectivity index (χ4n) is 2.14. The molecule has 0 amide bonds. The molecule has 0 bridgehead atoms. The zero-order chi connectivity index (χ0) is 14.1. The predicted molar refractivity (Wildman–Crippen MR) is 69.3 cm³/mol. The lowest BCUT2D eigenvalue weighted by Crippen LogP contribution is -2.06. The lowest BCUT2D eigenvalue weighted by Gasteiger charge is -2.07. The second-order valence-electron chi connectivity index (χ2n) is 4.30. The van der Waals surface area contributed by atoms with Crippen molar-refractivity contribution < 1.29 is 24.2 Å². The van der Waals surface area contributed by atoms with Crippen molar-refractivity contribution >= 4 is 11.9 Å². The third kappa shape index (κ3) is 2.09. The quantitative estimate of drug-likeness (QED) is 0.637. The van der Waals surface area contributed by atoms with Crippen LogP contribution in [0.4, 0.5) is 4.79 Å². The molecule has 0 saturated carbocycles. The molecule has 2 aromatic rings. The normalized spacial score (nSPS) is 12.7. The van der Waals surface area contributed by atoms with Gasteiger partial charge in [0.25, 0.3) is 0 Å². The van der Waals surface area contributed by atoms with Crippen LogP contribution in [-0.2, 0) is 6.61 Å². The average molecular weight is 270 g/mol. The molecule has 0 radical (unpaired) electrons. The number of benzene rings is 2. The first kappa shape index (κ1) is 12.2. The van der Waals surface area contributed by atoms with E-state index in [9.17, 15) is 9.59 Å². The molecule has 2 aromatic carbocycles. The first-order chi connectivity index (χ1) is 9.65. The first-order valence-corrected chi connectivity index (χ1v) is 5.95. The van der Waals surface area contributed by atoms with E-state index in [1.54, 1.807) is 12.1 Å². The third-order valence-corrected chi connectivity index (χ3v) is 3.05. The molecule has 0 aromatic heterocycles. The van der Waals surface area contributed by atoms with E-state index in [-0.39, 0.29) is 11.5 Å². The fraction of sp³-hybridized carbons (Fsp3) is 0.0667. The van der Waals surface area contributed by atoms with Gasteiger partial charge in [0.05, 0.1) is 5.56 Å². The van der Waals surface area contributed by atoms with Crippen LogP contribution < -0.4 is 9.47 Å². The summed E-state index contributed by atoms with van der Waals surface area (Å²) in [4.78, 5) is 23.0. The van der Waals surface area contributed by atoms with Gasteiger partial charge in [-0.05, 0) is 18.2 Å². The van der Waals surface area contributed by atoms with Gasteiger partial charge in [-0.2, -0.15) is 0 Å². The number of fused-ring (bicyclic) bond motifs is 2. The van der Waals surface area contributed by atoms with Crippen LogP contribution in [0.2, 0.25) is 0 Å². The molecule has 0 aliphatic carbocycles. The topological polar surface area (TPSA) is 72.8 Å². The van der Waals surface area contributed by atoms with Gasteiger partial charge in [0.1, 0.15) is 18.1 Å². The second kappa shape index (κ2) is 4.70. The highest BCUT2D eigenvalue weighted by Crippen LogP contribution is 2.31. The average Bonchev–Trinajstić information content (AvgIpc) is 2.57. The van der Waals surface area contributed by atoms with E-state index in [1.165, 1.54) is 18.2 Å². The molecule has 1 N–H and O–H groups in total. The molecular formula is C15H10O5. The van der Waals surface area contributed by atoms with Crippen molar-refractivity contribution in [3.8, 4) is 11.5 Å². The van der Waals surface area contributed by atoms with Gasteiger partial charge in [0, 0.05) is 11.1 Å². The lowest BCUT2D eigenvalue weighted by atomic mass is 9.99. The van der Waals surface area contributed by atoms with E-state index >= 15 is 0 Å². The van der Waals surface area contributed by atoms with Crippen molar-refractivity contribution in [1.29, 1.82) is 0 Å². The van der Waals surface area contributed by atoms with Crippen LogP contribution in [0.5, 0.6) is 11.5 Å². The van der Waals surface area contributed by atoms with Crippen molar-refractivity contribution in [3.05, 3.63) is 59.2 Å². The Morgan fingerprint density at radius 3 is 2.75 bits per heavy atom. The number of ether oxygens (including phenoxy) is 2. The highest BCUT2D eigenvalue weighted by molar-refractivity contribution is 6.12. The smallest absolute Gasteiger partial charge is 0.488 e. The zero-order valence-electron chi connectivity index (χ0n) is 10.3. The molecule has 1 heterocycles. The van der Waals surface area contributed by atoms with Crippen LogP contribution in [0.3, 0.4) is 0 Å². The lowest BCUT2D eigenvalue weighted by molar-refractivity contribution is 0.103. The Bertz CT molecular complexity index is 705. The Hall–Kier alpha value is -2.82. The minimum absolute atomic E-state index is 0.0904. The number of hydrogen-bond acceptors (Lipinski definition) is 4. The minimum atomic E-state index is -1.42. The molecule has 0 atom stereocenters. The predicted octanol–water partition coefficient (Wildman–Crippen LogP) is 2.87. The van der Waals surface area contributed by atoms with E-state index in [0.29, 0.717) is 23.5 Å². The summed E-state index contributed by atoms with van der Waals surface area (Å²) in [6, 6.07) is 11.5. The van der Waals surface area contributed by atoms with Crippen LogP contribution in [0.1, 0.15) is 21.5 Å². The maximum absolute atomic E-state index is 12.5. The van der Waals surface area contributed by atoms with Crippen LogP contribution >= 0.6 is 0 Å². The van der Waals surface area contributed by atoms with Gasteiger partial charge >= 0.3 is 6.16 Å². The van der Waals surface area contributed by atoms with Crippen LogP contribution in [0.15, 0.2) is 42.5 Å². The van der Waals surface area contributed by atoms with E-state index in [2.05, 4.69) is 4.74 Å². The van der Waals surface area contributed by atoms with E-state index in [1.807, 2.05) is 12.1 Å². The number of carbonyl (C=O) groups excluding carboxylic acids is 1. The number of ketones is 1. The number of rotatable bonds is 1. The van der Waals surface area contributed by atoms with E-state index < -0.39 is 6.16 Å². The Balaban J connectivity index is 2.08. The Morgan fingerprint density at radius 1 is 1.15 bits per heavy atom. The summed E-state index contributed by atoms with van der Waals surface area (Å²) in [5.41, 5.74) is 1.65. The zero-order valence-corrected chi connectivity index (χ0v) is 10.3. The molecule has 0 fully saturated rings. The minimum Gasteiger partial charge on any atom is -0.488 e. The van der Waals surface area contributed by atoms with Crippen molar-refractivity contribution in [2.24, 2.45) is 0 Å². The monoisotopic (exact) mass is 270 g/mol. The Morgan fingerprint density at radius 2 is 1.95 bits per heavy atom. The van der Waals surface area contributed by atoms with Crippen molar-refractivity contribution in [1.82, 2.24) is 0 Å². The van der Waals surface area contributed by atoms with Gasteiger partial charge in [0.15, 0.2) is 5.78 Å². The van der Waals surface area contributed by atoms with Crippen LogP contribution in [0.25, 0.3) is 0 Å². The van der Waals surface area contributed by atoms with Crippen molar-refractivity contribution in [3.63, 3.8) is 0 Å². The van der Waals surface area contributed by atoms with E-state index in [0.717, 1.165) is 5.56 Å². The van der Waals surface area contributed by atoms with Gasteiger partial charge in [-0.1, -0.05) is 24.3 Å². The maximum atomic E-state index is 12.5. The summed E-state index contributed by atoms with van der Waals surface area (Å²) in [7, 11) is 0. The Labute approximate surface area is 114 Å². The van der Waals surface area contributed by atoms with E-state index in [4.69, 9.17) is 9.84 Å².